The van der Waals surface area contributed by atoms with Gasteiger partial charge in [-0.3, -0.25) is 14.2 Å². The maximum Gasteiger partial charge on any atom is 0.338 e. The largest absolute Gasteiger partial charge is 0.497 e. The Morgan fingerprint density at radius 2 is 1.90 bits per heavy atom. The van der Waals surface area contributed by atoms with Crippen LogP contribution >= 0.6 is 56.5 Å². The first kappa shape index (κ1) is 29.3. The number of fused-ring (bicyclic) bond motifs is 1. The first-order valence-electron chi connectivity index (χ1n) is 11.7. The van der Waals surface area contributed by atoms with Gasteiger partial charge in [0.1, 0.15) is 17.5 Å². The fraction of sp³-hybridized carbons (Fsp3) is 0.259. The highest BCUT2D eigenvalue weighted by molar-refractivity contribution is 14.1. The van der Waals surface area contributed by atoms with E-state index in [9.17, 15) is 14.4 Å². The molecule has 4 rings (SSSR count). The molecule has 1 aliphatic heterocycles. The van der Waals surface area contributed by atoms with Crippen LogP contribution in [0.4, 0.5) is 0 Å². The van der Waals surface area contributed by atoms with Gasteiger partial charge in [-0.15, -0.1) is 0 Å². The van der Waals surface area contributed by atoms with E-state index in [0.29, 0.717) is 43.4 Å². The third-order valence-electron chi connectivity index (χ3n) is 5.82. The summed E-state index contributed by atoms with van der Waals surface area (Å²) in [5, 5.41) is 0. The summed E-state index contributed by atoms with van der Waals surface area (Å²) in [4.78, 5) is 44.0. The minimum absolute atomic E-state index is 0.163. The summed E-state index contributed by atoms with van der Waals surface area (Å²) in [5.74, 6) is 0.334. The number of carbonyl (C=O) groups excluding carboxylic acids is 2. The highest BCUT2D eigenvalue weighted by atomic mass is 127. The van der Waals surface area contributed by atoms with Gasteiger partial charge in [-0.25, -0.2) is 9.79 Å². The number of nitrogens with zero attached hydrogens (tertiary/aromatic N) is 2. The van der Waals surface area contributed by atoms with Crippen molar-refractivity contribution in [1.82, 2.24) is 4.57 Å². The maximum absolute atomic E-state index is 14.0. The summed E-state index contributed by atoms with van der Waals surface area (Å²) >= 11 is 5.44. The molecule has 204 valence electrons. The number of carbonyl (C=O) groups is 2. The summed E-state index contributed by atoms with van der Waals surface area (Å²) in [6.07, 6.45) is 1.68. The van der Waals surface area contributed by atoms with Crippen LogP contribution in [0.15, 0.2) is 51.4 Å². The SMILES string of the molecule is CCOC(=O)C1=C(C)N=c2s/c(=C\c3cc(I)cc(I)c3OC(C)=O)c(=O)n2[C@H]1c1ccc(OC)cc1OC. The molecule has 9 nitrogen and oxygen atoms in total. The molecule has 39 heavy (non-hydrogen) atoms. The van der Waals surface area contributed by atoms with Crippen molar-refractivity contribution in [2.24, 2.45) is 4.99 Å². The van der Waals surface area contributed by atoms with Crippen LogP contribution < -0.4 is 29.1 Å². The van der Waals surface area contributed by atoms with E-state index in [-0.39, 0.29) is 17.7 Å². The van der Waals surface area contributed by atoms with Gasteiger partial charge in [-0.1, -0.05) is 11.3 Å². The second-order valence-electron chi connectivity index (χ2n) is 8.31. The van der Waals surface area contributed by atoms with Crippen LogP contribution in [0, 0.1) is 7.14 Å². The second kappa shape index (κ2) is 12.2. The highest BCUT2D eigenvalue weighted by Gasteiger charge is 2.35. The van der Waals surface area contributed by atoms with Crippen molar-refractivity contribution in [1.29, 1.82) is 0 Å². The van der Waals surface area contributed by atoms with Crippen LogP contribution in [0.3, 0.4) is 0 Å². The van der Waals surface area contributed by atoms with Gasteiger partial charge in [0.05, 0.1) is 40.2 Å². The van der Waals surface area contributed by atoms with E-state index in [1.165, 1.54) is 29.9 Å². The third-order valence-corrected chi connectivity index (χ3v) is 8.23. The molecular formula is C27H24I2N2O7S. The molecule has 0 spiro atoms. The fourth-order valence-electron chi connectivity index (χ4n) is 4.21. The summed E-state index contributed by atoms with van der Waals surface area (Å²) < 4.78 is 25.3. The van der Waals surface area contributed by atoms with Crippen molar-refractivity contribution in [3.8, 4) is 17.2 Å². The number of allylic oxidation sites excluding steroid dienone is 1. The van der Waals surface area contributed by atoms with Crippen LogP contribution in [0.2, 0.25) is 0 Å². The third kappa shape index (κ3) is 5.91. The van der Waals surface area contributed by atoms with Crippen LogP contribution in [-0.2, 0) is 14.3 Å². The van der Waals surface area contributed by atoms with E-state index >= 15 is 0 Å². The lowest BCUT2D eigenvalue weighted by molar-refractivity contribution is -0.139. The van der Waals surface area contributed by atoms with Gasteiger partial charge in [0.25, 0.3) is 5.56 Å². The van der Waals surface area contributed by atoms with Crippen LogP contribution in [0.5, 0.6) is 17.2 Å². The summed E-state index contributed by atoms with van der Waals surface area (Å²) in [7, 11) is 3.05. The zero-order valence-electron chi connectivity index (χ0n) is 21.7. The zero-order valence-corrected chi connectivity index (χ0v) is 26.8. The number of aromatic nitrogens is 1. The first-order valence-corrected chi connectivity index (χ1v) is 14.7. The van der Waals surface area contributed by atoms with Crippen LogP contribution in [-0.4, -0.2) is 37.3 Å². The van der Waals surface area contributed by atoms with E-state index < -0.39 is 18.0 Å². The summed E-state index contributed by atoms with van der Waals surface area (Å²) in [6.45, 7) is 4.92. The summed E-state index contributed by atoms with van der Waals surface area (Å²) in [6, 6.07) is 8.06. The molecule has 2 heterocycles. The molecule has 0 saturated heterocycles. The van der Waals surface area contributed by atoms with Gasteiger partial charge >= 0.3 is 11.9 Å². The van der Waals surface area contributed by atoms with E-state index in [2.05, 4.69) is 50.2 Å². The standard InChI is InChI=1S/C27H24I2N2O7S/c1-6-37-26(34)22-13(2)30-27-31(23(22)18-8-7-17(35-4)12-20(18)36-5)25(33)21(39-27)10-15-9-16(28)11-19(29)24(15)38-14(3)32/h7-12,23H,6H2,1-5H3/b21-10-/t23-/m0/s1. The van der Waals surface area contributed by atoms with Gasteiger partial charge in [-0.2, -0.15) is 0 Å². The monoisotopic (exact) mass is 774 g/mol. The van der Waals surface area contributed by atoms with Gasteiger partial charge < -0.3 is 18.9 Å². The normalized spacial score (nSPS) is 14.9. The van der Waals surface area contributed by atoms with E-state index in [1.54, 1.807) is 45.2 Å². The van der Waals surface area contributed by atoms with Crippen LogP contribution in [0.25, 0.3) is 6.08 Å². The van der Waals surface area contributed by atoms with Gasteiger partial charge in [-0.05, 0) is 89.4 Å². The Morgan fingerprint density at radius 3 is 2.54 bits per heavy atom. The number of methoxy groups -OCH3 is 2. The number of hydrogen-bond acceptors (Lipinski definition) is 9. The number of thiazole rings is 1. The molecule has 0 aliphatic carbocycles. The topological polar surface area (TPSA) is 105 Å². The number of ether oxygens (including phenoxy) is 4. The molecule has 0 saturated carbocycles. The molecule has 12 heteroatoms. The number of benzene rings is 2. The van der Waals surface area contributed by atoms with Crippen molar-refractivity contribution in [3.05, 3.63) is 79.6 Å². The first-order chi connectivity index (χ1) is 18.6. The molecule has 0 amide bonds. The van der Waals surface area contributed by atoms with E-state index in [0.717, 1.165) is 7.14 Å². The average molecular weight is 774 g/mol. The van der Waals surface area contributed by atoms with Gasteiger partial charge in [0.2, 0.25) is 0 Å². The lowest BCUT2D eigenvalue weighted by atomic mass is 9.95. The van der Waals surface area contributed by atoms with Crippen molar-refractivity contribution in [2.75, 3.05) is 20.8 Å². The quantitative estimate of drug-likeness (QED) is 0.204. The van der Waals surface area contributed by atoms with Gasteiger partial charge in [0.15, 0.2) is 10.6 Å². The molecule has 0 N–H and O–H groups in total. The zero-order chi connectivity index (χ0) is 28.4. The summed E-state index contributed by atoms with van der Waals surface area (Å²) in [5.41, 5.74) is 1.47. The maximum atomic E-state index is 14.0. The Labute approximate surface area is 255 Å². The van der Waals surface area contributed by atoms with Crippen molar-refractivity contribution >= 4 is 74.5 Å². The van der Waals surface area contributed by atoms with E-state index in [1.807, 2.05) is 12.1 Å². The molecule has 1 aliphatic rings. The number of rotatable bonds is 7. The molecule has 3 aromatic rings. The molecular weight excluding hydrogens is 750 g/mol. The molecule has 0 bridgehead atoms. The molecule has 0 radical (unpaired) electrons. The highest BCUT2D eigenvalue weighted by Crippen LogP contribution is 2.37. The van der Waals surface area contributed by atoms with E-state index in [4.69, 9.17) is 18.9 Å². The van der Waals surface area contributed by atoms with Crippen molar-refractivity contribution < 1.29 is 28.5 Å². The van der Waals surface area contributed by atoms with Gasteiger partial charge in [0, 0.05) is 27.7 Å². The molecule has 2 aromatic carbocycles. The average Bonchev–Trinajstić information content (AvgIpc) is 3.18. The number of esters is 2. The Hall–Kier alpha value is -2.72. The van der Waals surface area contributed by atoms with Crippen LogP contribution in [0.1, 0.15) is 37.9 Å². The Kier molecular flexibility index (Phi) is 9.16. The number of halogens is 2. The second-order valence-corrected chi connectivity index (χ2v) is 11.7. The Balaban J connectivity index is 2.02. The smallest absolute Gasteiger partial charge is 0.338 e. The van der Waals surface area contributed by atoms with Crippen molar-refractivity contribution in [2.45, 2.75) is 26.8 Å². The molecule has 0 unspecified atom stereocenters. The molecule has 1 atom stereocenters. The Bertz CT molecular complexity index is 1690. The minimum Gasteiger partial charge on any atom is -0.497 e. The molecule has 0 fully saturated rings. The Morgan fingerprint density at radius 1 is 1.15 bits per heavy atom. The number of hydrogen-bond donors (Lipinski definition) is 0. The molecule has 1 aromatic heterocycles. The minimum atomic E-state index is -0.854. The fourth-order valence-corrected chi connectivity index (χ4v) is 7.25. The van der Waals surface area contributed by atoms with Crippen molar-refractivity contribution in [3.63, 3.8) is 0 Å². The lowest BCUT2D eigenvalue weighted by Crippen LogP contribution is -2.40. The predicted molar refractivity (Wildman–Crippen MR) is 163 cm³/mol. The lowest BCUT2D eigenvalue weighted by Gasteiger charge is -2.26. The predicted octanol–water partition coefficient (Wildman–Crippen LogP) is 3.95.